The molecule has 0 radical (unpaired) electrons. The first-order chi connectivity index (χ1) is 10.1. The second-order valence-corrected chi connectivity index (χ2v) is 6.47. The fraction of sp³-hybridized carbons (Fsp3) is 0.647. The normalized spacial score (nSPS) is 18.3. The van der Waals surface area contributed by atoms with Crippen LogP contribution in [0.2, 0.25) is 5.02 Å². The van der Waals surface area contributed by atoms with Crippen LogP contribution in [0.3, 0.4) is 0 Å². The van der Waals surface area contributed by atoms with E-state index in [0.717, 1.165) is 37.8 Å². The Bertz CT molecular complexity index is 457. The molecule has 1 aromatic carbocycles. The van der Waals surface area contributed by atoms with Crippen molar-refractivity contribution in [1.29, 1.82) is 0 Å². The lowest BCUT2D eigenvalue weighted by molar-refractivity contribution is -0.0834. The van der Waals surface area contributed by atoms with Crippen LogP contribution >= 0.6 is 11.6 Å². The molecule has 4 heteroatoms. The number of rotatable bonds is 8. The van der Waals surface area contributed by atoms with E-state index in [0.29, 0.717) is 11.4 Å². The molecule has 1 fully saturated rings. The molecule has 0 aromatic heterocycles. The minimum absolute atomic E-state index is 0.00565. The quantitative estimate of drug-likeness (QED) is 0.770. The number of methoxy groups -OCH3 is 1. The Balaban J connectivity index is 2.04. The summed E-state index contributed by atoms with van der Waals surface area (Å²) < 4.78 is 19.7. The molecule has 1 aliphatic rings. The molecule has 1 saturated carbocycles. The third-order valence-electron chi connectivity index (χ3n) is 4.48. The van der Waals surface area contributed by atoms with Gasteiger partial charge in [0.05, 0.1) is 5.60 Å². The molecule has 0 amide bonds. The van der Waals surface area contributed by atoms with Gasteiger partial charge in [-0.3, -0.25) is 0 Å². The summed E-state index contributed by atoms with van der Waals surface area (Å²) in [5.74, 6) is -0.217. The van der Waals surface area contributed by atoms with Crippen LogP contribution in [-0.2, 0) is 11.2 Å². The first kappa shape index (κ1) is 16.7. The fourth-order valence-electron chi connectivity index (χ4n) is 3.03. The zero-order chi connectivity index (χ0) is 15.3. The molecule has 1 unspecified atom stereocenters. The molecule has 1 atom stereocenters. The van der Waals surface area contributed by atoms with Gasteiger partial charge in [-0.15, -0.1) is 0 Å². The Hall–Kier alpha value is -0.640. The summed E-state index contributed by atoms with van der Waals surface area (Å²) in [6.07, 6.45) is 6.12. The topological polar surface area (TPSA) is 21.3 Å². The summed E-state index contributed by atoms with van der Waals surface area (Å²) >= 11 is 5.82. The van der Waals surface area contributed by atoms with E-state index in [1.165, 1.54) is 12.5 Å². The molecule has 0 aliphatic heterocycles. The lowest BCUT2D eigenvalue weighted by Gasteiger charge is -2.43. The van der Waals surface area contributed by atoms with Gasteiger partial charge in [-0.1, -0.05) is 24.6 Å². The highest BCUT2D eigenvalue weighted by Gasteiger charge is 2.38. The molecule has 21 heavy (non-hydrogen) atoms. The van der Waals surface area contributed by atoms with Crippen LogP contribution in [0.15, 0.2) is 18.2 Å². The van der Waals surface area contributed by atoms with Crippen molar-refractivity contribution in [3.05, 3.63) is 34.6 Å². The first-order valence-corrected chi connectivity index (χ1v) is 8.19. The smallest absolute Gasteiger partial charge is 0.127 e. The Morgan fingerprint density at radius 3 is 2.71 bits per heavy atom. The van der Waals surface area contributed by atoms with Gasteiger partial charge >= 0.3 is 0 Å². The van der Waals surface area contributed by atoms with Gasteiger partial charge in [0.15, 0.2) is 0 Å². The highest BCUT2D eigenvalue weighted by molar-refractivity contribution is 6.30. The monoisotopic (exact) mass is 313 g/mol. The third-order valence-corrected chi connectivity index (χ3v) is 4.72. The number of hydrogen-bond acceptors (Lipinski definition) is 2. The molecule has 2 nitrogen and oxygen atoms in total. The average Bonchev–Trinajstić information content (AvgIpc) is 2.42. The summed E-state index contributed by atoms with van der Waals surface area (Å²) in [4.78, 5) is 0. The van der Waals surface area contributed by atoms with Gasteiger partial charge in [-0.25, -0.2) is 4.39 Å². The molecule has 1 aromatic rings. The van der Waals surface area contributed by atoms with Crippen molar-refractivity contribution >= 4 is 11.6 Å². The molecule has 0 heterocycles. The van der Waals surface area contributed by atoms with Crippen LogP contribution < -0.4 is 5.32 Å². The Morgan fingerprint density at radius 1 is 1.43 bits per heavy atom. The van der Waals surface area contributed by atoms with Crippen molar-refractivity contribution in [1.82, 2.24) is 5.32 Å². The van der Waals surface area contributed by atoms with Crippen LogP contribution in [0.25, 0.3) is 0 Å². The SMILES string of the molecule is CCCNC(Cc1ccc(Cl)cc1F)CC1(OC)CCC1. The number of hydrogen-bond donors (Lipinski definition) is 1. The maximum absolute atomic E-state index is 14.0. The molecule has 0 spiro atoms. The van der Waals surface area contributed by atoms with Crippen molar-refractivity contribution in [3.8, 4) is 0 Å². The van der Waals surface area contributed by atoms with Crippen molar-refractivity contribution in [2.45, 2.75) is 57.1 Å². The Morgan fingerprint density at radius 2 is 2.19 bits per heavy atom. The molecule has 0 saturated heterocycles. The lowest BCUT2D eigenvalue weighted by Crippen LogP contribution is -2.46. The van der Waals surface area contributed by atoms with Crippen LogP contribution in [-0.4, -0.2) is 25.3 Å². The van der Waals surface area contributed by atoms with E-state index in [9.17, 15) is 4.39 Å². The van der Waals surface area contributed by atoms with Gasteiger partial charge in [-0.2, -0.15) is 0 Å². The number of ether oxygens (including phenoxy) is 1. The maximum Gasteiger partial charge on any atom is 0.127 e. The Kier molecular flexibility index (Phi) is 6.03. The van der Waals surface area contributed by atoms with Gasteiger partial charge in [0, 0.05) is 18.2 Å². The molecule has 2 rings (SSSR count). The summed E-state index contributed by atoms with van der Waals surface area (Å²) in [6, 6.07) is 5.18. The van der Waals surface area contributed by atoms with E-state index in [4.69, 9.17) is 16.3 Å². The number of benzene rings is 1. The number of nitrogens with one attached hydrogen (secondary N) is 1. The predicted octanol–water partition coefficient (Wildman–Crippen LogP) is 4.35. The average molecular weight is 314 g/mol. The second kappa shape index (κ2) is 7.57. The van der Waals surface area contributed by atoms with Crippen molar-refractivity contribution in [3.63, 3.8) is 0 Å². The van der Waals surface area contributed by atoms with Gasteiger partial charge < -0.3 is 10.1 Å². The minimum Gasteiger partial charge on any atom is -0.378 e. The maximum atomic E-state index is 14.0. The zero-order valence-corrected chi connectivity index (χ0v) is 13.7. The predicted molar refractivity (Wildman–Crippen MR) is 85.4 cm³/mol. The largest absolute Gasteiger partial charge is 0.378 e. The van der Waals surface area contributed by atoms with E-state index in [2.05, 4.69) is 12.2 Å². The lowest BCUT2D eigenvalue weighted by atomic mass is 9.75. The van der Waals surface area contributed by atoms with Crippen LogP contribution in [0.5, 0.6) is 0 Å². The van der Waals surface area contributed by atoms with E-state index in [-0.39, 0.29) is 17.5 Å². The van der Waals surface area contributed by atoms with Crippen molar-refractivity contribution < 1.29 is 9.13 Å². The fourth-order valence-corrected chi connectivity index (χ4v) is 3.19. The first-order valence-electron chi connectivity index (χ1n) is 7.81. The van der Waals surface area contributed by atoms with Crippen LogP contribution in [0, 0.1) is 5.82 Å². The second-order valence-electron chi connectivity index (χ2n) is 6.04. The highest BCUT2D eigenvalue weighted by atomic mass is 35.5. The van der Waals surface area contributed by atoms with Gasteiger partial charge in [-0.05, 0) is 62.8 Å². The van der Waals surface area contributed by atoms with Crippen molar-refractivity contribution in [2.75, 3.05) is 13.7 Å². The molecule has 0 bridgehead atoms. The molecule has 118 valence electrons. The molecule has 1 aliphatic carbocycles. The summed E-state index contributed by atoms with van der Waals surface area (Å²) in [7, 11) is 1.79. The summed E-state index contributed by atoms with van der Waals surface area (Å²) in [6.45, 7) is 3.09. The van der Waals surface area contributed by atoms with Gasteiger partial charge in [0.1, 0.15) is 5.82 Å². The summed E-state index contributed by atoms with van der Waals surface area (Å²) in [5.41, 5.74) is 0.715. The highest BCUT2D eigenvalue weighted by Crippen LogP contribution is 2.39. The number of halogens is 2. The van der Waals surface area contributed by atoms with Gasteiger partial charge in [0.2, 0.25) is 0 Å². The van der Waals surface area contributed by atoms with E-state index >= 15 is 0 Å². The van der Waals surface area contributed by atoms with E-state index in [1.807, 2.05) is 0 Å². The van der Waals surface area contributed by atoms with Crippen molar-refractivity contribution in [2.24, 2.45) is 0 Å². The summed E-state index contributed by atoms with van der Waals surface area (Å²) in [5, 5.41) is 3.98. The van der Waals surface area contributed by atoms with E-state index in [1.54, 1.807) is 19.2 Å². The minimum atomic E-state index is -0.217. The van der Waals surface area contributed by atoms with Crippen LogP contribution in [0.4, 0.5) is 4.39 Å². The third kappa shape index (κ3) is 4.41. The van der Waals surface area contributed by atoms with Gasteiger partial charge in [0.25, 0.3) is 0 Å². The molecular formula is C17H25ClFNO. The zero-order valence-electron chi connectivity index (χ0n) is 12.9. The van der Waals surface area contributed by atoms with Crippen LogP contribution in [0.1, 0.15) is 44.6 Å². The molecule has 1 N–H and O–H groups in total. The standard InChI is InChI=1S/C17H25ClFNO/c1-3-9-20-15(12-17(21-2)7-4-8-17)10-13-5-6-14(18)11-16(13)19/h5-6,11,15,20H,3-4,7-10,12H2,1-2H3. The molecular weight excluding hydrogens is 289 g/mol. The Labute approximate surface area is 132 Å². The van der Waals surface area contributed by atoms with E-state index < -0.39 is 0 Å².